The molecule has 3 rings (SSSR count). The van der Waals surface area contributed by atoms with Crippen LogP contribution in [-0.4, -0.2) is 11.6 Å². The highest BCUT2D eigenvalue weighted by molar-refractivity contribution is 7.12. The molecule has 0 spiro atoms. The summed E-state index contributed by atoms with van der Waals surface area (Å²) in [6, 6.07) is 9.35. The first kappa shape index (κ1) is 14.4. The summed E-state index contributed by atoms with van der Waals surface area (Å²) in [6.07, 6.45) is 0.232. The van der Waals surface area contributed by atoms with E-state index in [1.165, 1.54) is 34.0 Å². The third-order valence-corrected chi connectivity index (χ3v) is 5.77. The lowest BCUT2D eigenvalue weighted by Gasteiger charge is -2.12. The van der Waals surface area contributed by atoms with Crippen molar-refractivity contribution in [1.29, 1.82) is 0 Å². The highest BCUT2D eigenvalue weighted by Gasteiger charge is 2.26. The molecule has 0 amide bonds. The maximum absolute atomic E-state index is 12.7. The SMILES string of the molecule is O=C(C[C@H](C(=O)c1ccsc1)c1cccs1)c1cccs1. The number of carbonyl (C=O) groups is 2. The number of hydrogen-bond donors (Lipinski definition) is 0. The fourth-order valence-electron chi connectivity index (χ4n) is 2.14. The summed E-state index contributed by atoms with van der Waals surface area (Å²) in [7, 11) is 0. The molecule has 0 aromatic carbocycles. The third kappa shape index (κ3) is 3.20. The first-order valence-corrected chi connectivity index (χ1v) is 9.12. The van der Waals surface area contributed by atoms with Gasteiger partial charge in [-0.05, 0) is 34.3 Å². The van der Waals surface area contributed by atoms with Crippen LogP contribution in [0.5, 0.6) is 0 Å². The van der Waals surface area contributed by atoms with Crippen LogP contribution in [0.2, 0.25) is 0 Å². The predicted molar refractivity (Wildman–Crippen MR) is 89.0 cm³/mol. The topological polar surface area (TPSA) is 34.1 Å². The first-order valence-electron chi connectivity index (χ1n) is 6.42. The van der Waals surface area contributed by atoms with Gasteiger partial charge in [0.1, 0.15) is 0 Å². The fourth-order valence-corrected chi connectivity index (χ4v) is 4.29. The van der Waals surface area contributed by atoms with Gasteiger partial charge in [-0.15, -0.1) is 22.7 Å². The normalized spacial score (nSPS) is 12.2. The van der Waals surface area contributed by atoms with E-state index < -0.39 is 0 Å². The van der Waals surface area contributed by atoms with Crippen molar-refractivity contribution in [2.45, 2.75) is 12.3 Å². The quantitative estimate of drug-likeness (QED) is 0.588. The Morgan fingerprint density at radius 1 is 1.00 bits per heavy atom. The summed E-state index contributed by atoms with van der Waals surface area (Å²) in [4.78, 5) is 26.7. The van der Waals surface area contributed by atoms with Crippen molar-refractivity contribution in [3.8, 4) is 0 Å². The van der Waals surface area contributed by atoms with E-state index in [2.05, 4.69) is 0 Å². The largest absolute Gasteiger partial charge is 0.293 e. The maximum Gasteiger partial charge on any atom is 0.173 e. The molecule has 2 nitrogen and oxygen atoms in total. The second-order valence-corrected chi connectivity index (χ2v) is 7.26. The molecule has 3 aromatic rings. The molecule has 3 aromatic heterocycles. The summed E-state index contributed by atoms with van der Waals surface area (Å²) >= 11 is 4.45. The monoisotopic (exact) mass is 332 g/mol. The lowest BCUT2D eigenvalue weighted by Crippen LogP contribution is -2.15. The minimum absolute atomic E-state index is 0.0311. The van der Waals surface area contributed by atoms with Gasteiger partial charge in [0.15, 0.2) is 11.6 Å². The maximum atomic E-state index is 12.7. The van der Waals surface area contributed by atoms with Crippen LogP contribution in [0.4, 0.5) is 0 Å². The second kappa shape index (κ2) is 6.47. The van der Waals surface area contributed by atoms with Gasteiger partial charge in [-0.2, -0.15) is 11.3 Å². The van der Waals surface area contributed by atoms with Crippen LogP contribution in [0.3, 0.4) is 0 Å². The van der Waals surface area contributed by atoms with E-state index in [1.807, 2.05) is 51.9 Å². The van der Waals surface area contributed by atoms with Gasteiger partial charge in [0.2, 0.25) is 0 Å². The molecular weight excluding hydrogens is 320 g/mol. The Bertz CT molecular complexity index is 710. The van der Waals surface area contributed by atoms with E-state index in [0.717, 1.165) is 9.75 Å². The molecule has 0 unspecified atom stereocenters. The minimum Gasteiger partial charge on any atom is -0.293 e. The molecule has 0 bridgehead atoms. The third-order valence-electron chi connectivity index (χ3n) is 3.19. The molecule has 0 aliphatic rings. The zero-order valence-electron chi connectivity index (χ0n) is 11.0. The second-order valence-electron chi connectivity index (χ2n) is 4.55. The molecule has 0 N–H and O–H groups in total. The van der Waals surface area contributed by atoms with Crippen LogP contribution in [0.25, 0.3) is 0 Å². The van der Waals surface area contributed by atoms with E-state index in [9.17, 15) is 9.59 Å². The van der Waals surface area contributed by atoms with Gasteiger partial charge in [-0.25, -0.2) is 0 Å². The number of Topliss-reactive ketones (excluding diaryl/α,β-unsaturated/α-hetero) is 2. The van der Waals surface area contributed by atoms with Gasteiger partial charge in [-0.1, -0.05) is 12.1 Å². The van der Waals surface area contributed by atoms with E-state index in [1.54, 1.807) is 0 Å². The van der Waals surface area contributed by atoms with E-state index >= 15 is 0 Å². The summed E-state index contributed by atoms with van der Waals surface area (Å²) in [5.41, 5.74) is 0.692. The van der Waals surface area contributed by atoms with Gasteiger partial charge in [0, 0.05) is 22.2 Å². The molecule has 3 heterocycles. The average molecular weight is 332 g/mol. The van der Waals surface area contributed by atoms with Crippen LogP contribution in [0, 0.1) is 0 Å². The molecule has 106 valence electrons. The average Bonchev–Trinajstić information content (AvgIpc) is 3.27. The molecular formula is C16H12O2S3. The smallest absolute Gasteiger partial charge is 0.173 e. The summed E-state index contributed by atoms with van der Waals surface area (Å²) in [5, 5.41) is 7.56. The van der Waals surface area contributed by atoms with Gasteiger partial charge in [-0.3, -0.25) is 9.59 Å². The number of hydrogen-bond acceptors (Lipinski definition) is 5. The molecule has 0 radical (unpaired) electrons. The number of rotatable bonds is 6. The lowest BCUT2D eigenvalue weighted by atomic mass is 9.92. The van der Waals surface area contributed by atoms with Gasteiger partial charge in [0.25, 0.3) is 0 Å². The van der Waals surface area contributed by atoms with Crippen LogP contribution >= 0.6 is 34.0 Å². The molecule has 0 aliphatic carbocycles. The predicted octanol–water partition coefficient (Wildman–Crippen LogP) is 5.11. The molecule has 0 saturated carbocycles. The highest BCUT2D eigenvalue weighted by atomic mass is 32.1. The first-order chi connectivity index (χ1) is 10.3. The zero-order valence-corrected chi connectivity index (χ0v) is 13.5. The molecule has 21 heavy (non-hydrogen) atoms. The van der Waals surface area contributed by atoms with Crippen molar-refractivity contribution in [2.24, 2.45) is 0 Å². The highest BCUT2D eigenvalue weighted by Crippen LogP contribution is 2.30. The van der Waals surface area contributed by atoms with Crippen molar-refractivity contribution >= 4 is 45.6 Å². The molecule has 1 atom stereocenters. The summed E-state index contributed by atoms with van der Waals surface area (Å²) < 4.78 is 0. The number of ketones is 2. The van der Waals surface area contributed by atoms with E-state index in [-0.39, 0.29) is 23.9 Å². The van der Waals surface area contributed by atoms with Crippen LogP contribution in [0.1, 0.15) is 37.2 Å². The van der Waals surface area contributed by atoms with Crippen molar-refractivity contribution in [1.82, 2.24) is 0 Å². The number of thiophene rings is 3. The van der Waals surface area contributed by atoms with Gasteiger partial charge in [0.05, 0.1) is 10.8 Å². The van der Waals surface area contributed by atoms with Crippen molar-refractivity contribution in [2.75, 3.05) is 0 Å². The molecule has 0 aliphatic heterocycles. The Hall–Kier alpha value is -1.56. The Morgan fingerprint density at radius 2 is 1.81 bits per heavy atom. The molecule has 0 fully saturated rings. The van der Waals surface area contributed by atoms with Crippen molar-refractivity contribution < 1.29 is 9.59 Å². The van der Waals surface area contributed by atoms with Gasteiger partial charge >= 0.3 is 0 Å². The van der Waals surface area contributed by atoms with Crippen molar-refractivity contribution in [3.05, 3.63) is 67.2 Å². The standard InChI is InChI=1S/C16H12O2S3/c17-13(15-4-2-7-21-15)9-12(14-3-1-6-20-14)16(18)11-5-8-19-10-11/h1-8,10,12H,9H2/t12-/m0/s1. The number of carbonyl (C=O) groups excluding carboxylic acids is 2. The van der Waals surface area contributed by atoms with E-state index in [0.29, 0.717) is 5.56 Å². The Kier molecular flexibility index (Phi) is 4.43. The van der Waals surface area contributed by atoms with Gasteiger partial charge < -0.3 is 0 Å². The zero-order chi connectivity index (χ0) is 14.7. The fraction of sp³-hybridized carbons (Fsp3) is 0.125. The molecule has 5 heteroatoms. The lowest BCUT2D eigenvalue weighted by molar-refractivity contribution is 0.0897. The van der Waals surface area contributed by atoms with Crippen molar-refractivity contribution in [3.63, 3.8) is 0 Å². The Balaban J connectivity index is 1.87. The van der Waals surface area contributed by atoms with Crippen LogP contribution in [0.15, 0.2) is 51.9 Å². The summed E-state index contributed by atoms with van der Waals surface area (Å²) in [5.74, 6) is -0.315. The van der Waals surface area contributed by atoms with E-state index in [4.69, 9.17) is 0 Å². The van der Waals surface area contributed by atoms with Crippen LogP contribution < -0.4 is 0 Å². The summed E-state index contributed by atoms with van der Waals surface area (Å²) in [6.45, 7) is 0. The Labute approximate surface area is 134 Å². The molecule has 0 saturated heterocycles. The minimum atomic E-state index is -0.380. The Morgan fingerprint density at radius 3 is 2.43 bits per heavy atom. The van der Waals surface area contributed by atoms with Crippen LogP contribution in [-0.2, 0) is 0 Å².